The quantitative estimate of drug-likeness (QED) is 0.331. The summed E-state index contributed by atoms with van der Waals surface area (Å²) >= 11 is 0. The van der Waals surface area contributed by atoms with Gasteiger partial charge in [-0.05, 0) is 68.1 Å². The number of benzene rings is 1. The molecule has 0 saturated heterocycles. The van der Waals surface area contributed by atoms with E-state index in [0.29, 0.717) is 41.6 Å². The zero-order chi connectivity index (χ0) is 27.8. The standard InChI is InChI=1S/C29H35FN4O4/c1-18(2)12-25(34-17-20(10-11-31-4)8-9-26(34)35)29(38)33-24(14-27(36)37)21-13-22(16-32-15-21)28-19(3)6-5-7-23(28)30/h5-9,13,15-18,24-25,31H,10-12,14H2,1-4H3,(H,33,38)(H,36,37)/t24-,25-/m0/s1. The molecule has 2 aromatic heterocycles. The van der Waals surface area contributed by atoms with Gasteiger partial charge in [-0.15, -0.1) is 0 Å². The molecule has 2 atom stereocenters. The van der Waals surface area contributed by atoms with Crippen LogP contribution in [0.1, 0.15) is 55.5 Å². The number of aryl methyl sites for hydroxylation is 1. The molecule has 1 amide bonds. The van der Waals surface area contributed by atoms with Gasteiger partial charge in [-0.25, -0.2) is 4.39 Å². The molecule has 0 saturated carbocycles. The third-order valence-corrected chi connectivity index (χ3v) is 6.36. The van der Waals surface area contributed by atoms with Gasteiger partial charge in [0.1, 0.15) is 11.9 Å². The Morgan fingerprint density at radius 3 is 2.58 bits per heavy atom. The monoisotopic (exact) mass is 522 g/mol. The fraction of sp³-hybridized carbons (Fsp3) is 0.379. The third-order valence-electron chi connectivity index (χ3n) is 6.36. The number of hydrogen-bond donors (Lipinski definition) is 3. The van der Waals surface area contributed by atoms with Gasteiger partial charge >= 0.3 is 5.97 Å². The average Bonchev–Trinajstić information content (AvgIpc) is 2.86. The molecule has 2 heterocycles. The molecule has 0 radical (unpaired) electrons. The van der Waals surface area contributed by atoms with Crippen molar-refractivity contribution in [3.8, 4) is 11.1 Å². The number of amides is 1. The number of carboxylic acids is 1. The van der Waals surface area contributed by atoms with Crippen molar-refractivity contribution >= 4 is 11.9 Å². The van der Waals surface area contributed by atoms with Crippen molar-refractivity contribution in [2.45, 2.75) is 52.1 Å². The number of hydrogen-bond acceptors (Lipinski definition) is 5. The molecule has 0 spiro atoms. The molecule has 202 valence electrons. The molecule has 1 aromatic carbocycles. The van der Waals surface area contributed by atoms with Crippen LogP contribution < -0.4 is 16.2 Å². The van der Waals surface area contributed by atoms with Crippen molar-refractivity contribution in [1.82, 2.24) is 20.2 Å². The molecule has 0 aliphatic carbocycles. The third kappa shape index (κ3) is 7.35. The molecule has 0 fully saturated rings. The van der Waals surface area contributed by atoms with Gasteiger partial charge in [0.25, 0.3) is 5.56 Å². The van der Waals surface area contributed by atoms with Crippen LogP contribution in [0.15, 0.2) is 59.8 Å². The van der Waals surface area contributed by atoms with E-state index in [1.165, 1.54) is 29.1 Å². The number of halogens is 1. The van der Waals surface area contributed by atoms with Crippen molar-refractivity contribution in [3.63, 3.8) is 0 Å². The highest BCUT2D eigenvalue weighted by molar-refractivity contribution is 5.82. The summed E-state index contributed by atoms with van der Waals surface area (Å²) in [5.74, 6) is -1.91. The lowest BCUT2D eigenvalue weighted by Crippen LogP contribution is -2.40. The number of carbonyl (C=O) groups is 2. The Labute approximate surface area is 221 Å². The molecule has 8 nitrogen and oxygen atoms in total. The summed E-state index contributed by atoms with van der Waals surface area (Å²) in [7, 11) is 1.84. The highest BCUT2D eigenvalue weighted by Gasteiger charge is 2.27. The number of likely N-dealkylation sites (N-methyl/N-ethyl adjacent to an activating group) is 1. The molecule has 0 aliphatic heterocycles. The van der Waals surface area contributed by atoms with E-state index in [9.17, 15) is 23.9 Å². The average molecular weight is 523 g/mol. The highest BCUT2D eigenvalue weighted by Crippen LogP contribution is 2.29. The first-order chi connectivity index (χ1) is 18.1. The predicted molar refractivity (Wildman–Crippen MR) is 144 cm³/mol. The lowest BCUT2D eigenvalue weighted by atomic mass is 9.96. The Bertz CT molecular complexity index is 1320. The van der Waals surface area contributed by atoms with Crippen LogP contribution in [-0.4, -0.2) is 40.1 Å². The maximum Gasteiger partial charge on any atom is 0.305 e. The van der Waals surface area contributed by atoms with Gasteiger partial charge < -0.3 is 20.3 Å². The van der Waals surface area contributed by atoms with E-state index in [4.69, 9.17) is 0 Å². The Morgan fingerprint density at radius 2 is 1.92 bits per heavy atom. The largest absolute Gasteiger partial charge is 0.481 e. The Kier molecular flexibility index (Phi) is 9.90. The van der Waals surface area contributed by atoms with Gasteiger partial charge in [0.05, 0.1) is 12.5 Å². The highest BCUT2D eigenvalue weighted by atomic mass is 19.1. The van der Waals surface area contributed by atoms with Crippen LogP contribution in [0.3, 0.4) is 0 Å². The molecule has 3 rings (SSSR count). The van der Waals surface area contributed by atoms with Crippen LogP contribution in [0.25, 0.3) is 11.1 Å². The number of nitrogens with zero attached hydrogens (tertiary/aromatic N) is 2. The molecule has 0 aliphatic rings. The Morgan fingerprint density at radius 1 is 1.16 bits per heavy atom. The van der Waals surface area contributed by atoms with Gasteiger partial charge in [0.15, 0.2) is 0 Å². The zero-order valence-corrected chi connectivity index (χ0v) is 22.2. The van der Waals surface area contributed by atoms with Crippen LogP contribution in [0, 0.1) is 18.7 Å². The molecule has 38 heavy (non-hydrogen) atoms. The molecule has 0 bridgehead atoms. The van der Waals surface area contributed by atoms with Gasteiger partial charge in [0.2, 0.25) is 5.91 Å². The van der Waals surface area contributed by atoms with Crippen molar-refractivity contribution in [2.24, 2.45) is 5.92 Å². The van der Waals surface area contributed by atoms with Crippen LogP contribution in [0.5, 0.6) is 0 Å². The fourth-order valence-electron chi connectivity index (χ4n) is 4.48. The number of aromatic nitrogens is 2. The van der Waals surface area contributed by atoms with Crippen molar-refractivity contribution < 1.29 is 19.1 Å². The van der Waals surface area contributed by atoms with E-state index in [1.54, 1.807) is 37.4 Å². The van der Waals surface area contributed by atoms with Crippen LogP contribution in [0.2, 0.25) is 0 Å². The SMILES string of the molecule is CNCCc1ccc(=O)n([C@@H](CC(C)C)C(=O)N[C@@H](CC(=O)O)c2cncc(-c3c(C)cccc3F)c2)c1. The summed E-state index contributed by atoms with van der Waals surface area (Å²) < 4.78 is 16.1. The molecule has 9 heteroatoms. The molecular weight excluding hydrogens is 487 g/mol. The van der Waals surface area contributed by atoms with E-state index in [0.717, 1.165) is 5.56 Å². The van der Waals surface area contributed by atoms with Crippen LogP contribution in [0.4, 0.5) is 4.39 Å². The van der Waals surface area contributed by atoms with Gasteiger partial charge in [-0.3, -0.25) is 19.4 Å². The molecule has 3 aromatic rings. The Hall–Kier alpha value is -3.85. The second-order valence-corrected chi connectivity index (χ2v) is 9.88. The predicted octanol–water partition coefficient (Wildman–Crippen LogP) is 4.04. The van der Waals surface area contributed by atoms with E-state index < -0.39 is 36.2 Å². The summed E-state index contributed by atoms with van der Waals surface area (Å²) in [5.41, 5.74) is 2.57. The normalized spacial score (nSPS) is 12.8. The lowest BCUT2D eigenvalue weighted by molar-refractivity contribution is -0.138. The van der Waals surface area contributed by atoms with E-state index >= 15 is 0 Å². The minimum atomic E-state index is -1.12. The smallest absolute Gasteiger partial charge is 0.305 e. The second kappa shape index (κ2) is 13.1. The molecule has 3 N–H and O–H groups in total. The molecule has 0 unspecified atom stereocenters. The number of carboxylic acid groups (broad SMARTS) is 1. The van der Waals surface area contributed by atoms with Crippen LogP contribution >= 0.6 is 0 Å². The first-order valence-electron chi connectivity index (χ1n) is 12.7. The summed E-state index contributed by atoms with van der Waals surface area (Å²) in [5, 5.41) is 15.5. The first-order valence-corrected chi connectivity index (χ1v) is 12.7. The van der Waals surface area contributed by atoms with E-state index in [2.05, 4.69) is 15.6 Å². The number of aliphatic carboxylic acids is 1. The summed E-state index contributed by atoms with van der Waals surface area (Å²) in [4.78, 5) is 42.4. The molecular formula is C29H35FN4O4. The van der Waals surface area contributed by atoms with Gasteiger partial charge in [-0.2, -0.15) is 0 Å². The summed E-state index contributed by atoms with van der Waals surface area (Å²) in [6.45, 7) is 6.40. The number of pyridine rings is 2. The minimum absolute atomic E-state index is 0.0885. The van der Waals surface area contributed by atoms with E-state index in [1.807, 2.05) is 20.9 Å². The van der Waals surface area contributed by atoms with Crippen molar-refractivity contribution in [3.05, 3.63) is 87.9 Å². The van der Waals surface area contributed by atoms with Gasteiger partial charge in [0, 0.05) is 35.8 Å². The van der Waals surface area contributed by atoms with Crippen molar-refractivity contribution in [2.75, 3.05) is 13.6 Å². The first kappa shape index (κ1) is 28.7. The lowest BCUT2D eigenvalue weighted by Gasteiger charge is -2.25. The van der Waals surface area contributed by atoms with Crippen molar-refractivity contribution in [1.29, 1.82) is 0 Å². The maximum atomic E-state index is 14.6. The number of carbonyl (C=O) groups excluding carboxylic acids is 1. The Balaban J connectivity index is 1.98. The van der Waals surface area contributed by atoms with Gasteiger partial charge in [-0.1, -0.05) is 32.0 Å². The number of nitrogens with one attached hydrogen (secondary N) is 2. The van der Waals surface area contributed by atoms with Crippen LogP contribution in [-0.2, 0) is 16.0 Å². The maximum absolute atomic E-state index is 14.6. The summed E-state index contributed by atoms with van der Waals surface area (Å²) in [6, 6.07) is 7.82. The minimum Gasteiger partial charge on any atom is -0.481 e. The second-order valence-electron chi connectivity index (χ2n) is 9.88. The topological polar surface area (TPSA) is 113 Å². The van der Waals surface area contributed by atoms with E-state index in [-0.39, 0.29) is 11.5 Å². The zero-order valence-electron chi connectivity index (χ0n) is 22.2. The number of rotatable bonds is 12. The summed E-state index contributed by atoms with van der Waals surface area (Å²) in [6.07, 6.45) is 5.33. The fourth-order valence-corrected chi connectivity index (χ4v) is 4.48.